The first-order chi connectivity index (χ1) is 39.5. The van der Waals surface area contributed by atoms with Crippen molar-refractivity contribution < 1.29 is 123 Å². The van der Waals surface area contributed by atoms with Gasteiger partial charge in [0.15, 0.2) is 31.2 Å². The number of hydrogen-bond donors (Lipinski definition) is 10. The molecule has 0 radical (unpaired) electrons. The number of carbonyl (C=O) groups is 2. The molecule has 0 bridgehead atoms. The maximum atomic E-state index is 13.8. The van der Waals surface area contributed by atoms with Crippen molar-refractivity contribution in [1.29, 1.82) is 0 Å². The molecule has 7 rings (SSSR count). The average molecular weight is 1350 g/mol. The number of phenolic OH excluding ortho intramolecular Hbond substituents is 2. The highest BCUT2D eigenvalue weighted by Gasteiger charge is 2.29. The monoisotopic (exact) mass is 1350 g/mol. The number of fused-ring (bicyclic) bond motifs is 2. The standard InChI is InChI=1S/C44H36N6O28S8/c51-41-37-25(19-35(83(65,66)67)39(41)49-47-27-5-9-29(10-6-27)79(55,56)15-13-77-85(71,72)73)17-31(81(59,60)61)21-33(37)45-43(53)23-1-2-24(4-3-23)44(54)46-34-22-32(82(62,63)64)18-26-20-36(84(68,69)70)40(42(52)38(26)34)50-48-28-7-11-30(12-8-28)80(57,58)16-14-78-86(74,75)76/h1-12,17-22,51-52H,13-16H2,(H,45,53)(H,46,54)(H,59,60,61)(H,62,63,64)(H,65,66,67)(H,68,69,70)(H,71,72,73)(H,74,75,76). The number of anilines is 2. The van der Waals surface area contributed by atoms with Crippen LogP contribution in [0, 0.1) is 0 Å². The number of phenols is 2. The Hall–Kier alpha value is -7.92. The summed E-state index contributed by atoms with van der Waals surface area (Å²) in [6, 6.07) is 15.2. The van der Waals surface area contributed by atoms with Crippen LogP contribution >= 0.6 is 0 Å². The van der Waals surface area contributed by atoms with Gasteiger partial charge in [-0.2, -0.15) is 60.7 Å². The van der Waals surface area contributed by atoms with Crippen LogP contribution in [0.5, 0.6) is 11.5 Å². The number of rotatable bonds is 22. The van der Waals surface area contributed by atoms with Crippen LogP contribution in [0.2, 0.25) is 0 Å². The molecule has 86 heavy (non-hydrogen) atoms. The van der Waals surface area contributed by atoms with E-state index in [1.54, 1.807) is 0 Å². The molecule has 0 heterocycles. The number of hydrogen-bond acceptors (Lipinski definition) is 26. The van der Waals surface area contributed by atoms with E-state index in [1.807, 2.05) is 0 Å². The second kappa shape index (κ2) is 24.1. The number of amides is 2. The molecule has 7 aromatic rings. The van der Waals surface area contributed by atoms with Gasteiger partial charge in [0.1, 0.15) is 21.2 Å². The van der Waals surface area contributed by atoms with Gasteiger partial charge >= 0.3 is 20.8 Å². The molecule has 0 atom stereocenters. The summed E-state index contributed by atoms with van der Waals surface area (Å²) in [5, 5.41) is 40.0. The number of nitrogens with one attached hydrogen (secondary N) is 2. The fraction of sp³-hybridized carbons (Fsp3) is 0.0909. The molecule has 0 aliphatic rings. The molecular formula is C44H36N6O28S8. The van der Waals surface area contributed by atoms with Crippen molar-refractivity contribution in [1.82, 2.24) is 0 Å². The predicted molar refractivity (Wildman–Crippen MR) is 293 cm³/mol. The third-order valence-electron chi connectivity index (χ3n) is 11.4. The summed E-state index contributed by atoms with van der Waals surface area (Å²) in [6.07, 6.45) is 0. The van der Waals surface area contributed by atoms with Crippen molar-refractivity contribution in [2.75, 3.05) is 35.4 Å². The molecule has 34 nitrogen and oxygen atoms in total. The number of nitrogens with zero attached hydrogens (tertiary/aromatic N) is 4. The Labute approximate surface area is 485 Å². The summed E-state index contributed by atoms with van der Waals surface area (Å²) in [4.78, 5) is 22.3. The van der Waals surface area contributed by atoms with Gasteiger partial charge in [-0.1, -0.05) is 0 Å². The SMILES string of the molecule is O=C(Nc1cc(S(=O)(=O)O)cc2cc(S(=O)(=O)O)c(N=Nc3ccc(S(=O)(=O)CCOS(=O)(=O)O)cc3)c(O)c12)c1ccc(C(=O)Nc2cc(S(=O)(=O)O)cc3cc(S(=O)(=O)O)c(N=Nc4ccc(S(=O)(=O)CCOS(=O)(=O)O)cc4)c(O)c23)cc1. The fourth-order valence-electron chi connectivity index (χ4n) is 7.55. The molecule has 7 aromatic carbocycles. The third-order valence-corrected chi connectivity index (χ3v) is 19.1. The van der Waals surface area contributed by atoms with Crippen LogP contribution in [0.25, 0.3) is 21.5 Å². The van der Waals surface area contributed by atoms with Crippen LogP contribution in [0.4, 0.5) is 34.1 Å². The lowest BCUT2D eigenvalue weighted by Gasteiger charge is -2.15. The zero-order valence-corrected chi connectivity index (χ0v) is 48.6. The van der Waals surface area contributed by atoms with Gasteiger partial charge in [0.05, 0.1) is 67.1 Å². The Balaban J connectivity index is 1.21. The highest BCUT2D eigenvalue weighted by Crippen LogP contribution is 2.47. The molecule has 0 unspecified atom stereocenters. The van der Waals surface area contributed by atoms with E-state index in [1.165, 1.54) is 0 Å². The van der Waals surface area contributed by atoms with Crippen molar-refractivity contribution in [2.24, 2.45) is 20.5 Å². The van der Waals surface area contributed by atoms with Crippen LogP contribution in [0.1, 0.15) is 20.7 Å². The van der Waals surface area contributed by atoms with Crippen molar-refractivity contribution >= 4 is 148 Å². The van der Waals surface area contributed by atoms with Gasteiger partial charge in [-0.3, -0.25) is 36.9 Å². The second-order valence-corrected chi connectivity index (χ2v) is 29.2. The fourth-order valence-corrected chi connectivity index (χ4v) is 12.9. The number of carbonyl (C=O) groups excluding carboxylic acids is 2. The predicted octanol–water partition coefficient (Wildman–Crippen LogP) is 4.91. The molecule has 0 saturated heterocycles. The van der Waals surface area contributed by atoms with Crippen molar-refractivity contribution in [3.05, 3.63) is 120 Å². The summed E-state index contributed by atoms with van der Waals surface area (Å²) in [6.45, 7) is -1.94. The largest absolute Gasteiger partial charge is 0.505 e. The first-order valence-corrected chi connectivity index (χ1v) is 34.3. The molecule has 0 aromatic heterocycles. The third kappa shape index (κ3) is 15.9. The zero-order chi connectivity index (χ0) is 63.9. The summed E-state index contributed by atoms with van der Waals surface area (Å²) < 4.78 is 260. The average Bonchev–Trinajstić information content (AvgIpc) is 1.09. The van der Waals surface area contributed by atoms with Crippen LogP contribution in [0.3, 0.4) is 0 Å². The first kappa shape index (κ1) is 65.6. The molecule has 42 heteroatoms. The second-order valence-electron chi connectivity index (χ2n) is 17.2. The van der Waals surface area contributed by atoms with Crippen molar-refractivity contribution in [3.8, 4) is 11.5 Å². The van der Waals surface area contributed by atoms with Gasteiger partial charge in [0.25, 0.3) is 52.3 Å². The summed E-state index contributed by atoms with van der Waals surface area (Å²) >= 11 is 0. The topological polar surface area (TPSA) is 561 Å². The van der Waals surface area contributed by atoms with Gasteiger partial charge in [-0.25, -0.2) is 25.2 Å². The quantitative estimate of drug-likeness (QED) is 0.0318. The van der Waals surface area contributed by atoms with E-state index in [9.17, 15) is 105 Å². The Kier molecular flexibility index (Phi) is 18.4. The minimum atomic E-state index is -5.43. The lowest BCUT2D eigenvalue weighted by Crippen LogP contribution is -2.15. The lowest BCUT2D eigenvalue weighted by atomic mass is 10.0. The van der Waals surface area contributed by atoms with Crippen LogP contribution in [-0.2, 0) is 89.3 Å². The minimum Gasteiger partial charge on any atom is -0.505 e. The normalized spacial score (nSPS) is 13.2. The van der Waals surface area contributed by atoms with Gasteiger partial charge in [0, 0.05) is 21.9 Å². The highest BCUT2D eigenvalue weighted by molar-refractivity contribution is 7.92. The molecule has 10 N–H and O–H groups in total. The van der Waals surface area contributed by atoms with E-state index in [-0.39, 0.29) is 22.5 Å². The first-order valence-electron chi connectivity index (χ1n) is 22.6. The van der Waals surface area contributed by atoms with Crippen molar-refractivity contribution in [2.45, 2.75) is 29.4 Å². The highest BCUT2D eigenvalue weighted by atomic mass is 32.3. The van der Waals surface area contributed by atoms with E-state index < -0.39 is 203 Å². The smallest absolute Gasteiger partial charge is 0.397 e. The number of aromatic hydroxyl groups is 2. The van der Waals surface area contributed by atoms with E-state index in [0.29, 0.717) is 36.4 Å². The zero-order valence-electron chi connectivity index (χ0n) is 42.0. The summed E-state index contributed by atoms with van der Waals surface area (Å²) in [5.41, 5.74) is -4.77. The van der Waals surface area contributed by atoms with Crippen LogP contribution in [0.15, 0.2) is 159 Å². The van der Waals surface area contributed by atoms with Gasteiger partial charge in [0.2, 0.25) is 0 Å². The Morgan fingerprint density at radius 1 is 0.395 bits per heavy atom. The van der Waals surface area contributed by atoms with E-state index >= 15 is 0 Å². The molecule has 0 spiro atoms. The molecule has 458 valence electrons. The Morgan fingerprint density at radius 3 is 0.988 bits per heavy atom. The minimum absolute atomic E-state index is 0.247. The number of benzene rings is 7. The van der Waals surface area contributed by atoms with Gasteiger partial charge in [-0.15, -0.1) is 10.2 Å². The van der Waals surface area contributed by atoms with E-state index in [4.69, 9.17) is 9.11 Å². The number of sulfone groups is 2. The van der Waals surface area contributed by atoms with Gasteiger partial charge < -0.3 is 20.8 Å². The van der Waals surface area contributed by atoms with Crippen molar-refractivity contribution in [3.63, 3.8) is 0 Å². The summed E-state index contributed by atoms with van der Waals surface area (Å²) in [5.74, 6) is -6.65. The maximum absolute atomic E-state index is 13.8. The molecule has 0 aliphatic heterocycles. The maximum Gasteiger partial charge on any atom is 0.397 e. The number of azo groups is 2. The molecular weight excluding hydrogens is 1320 g/mol. The molecule has 0 fully saturated rings. The van der Waals surface area contributed by atoms with Crippen LogP contribution < -0.4 is 10.6 Å². The Bertz CT molecular complexity index is 4680. The van der Waals surface area contributed by atoms with Gasteiger partial charge in [-0.05, 0) is 120 Å². The Morgan fingerprint density at radius 2 is 0.709 bits per heavy atom. The molecule has 0 saturated carbocycles. The molecule has 2 amide bonds. The summed E-state index contributed by atoms with van der Waals surface area (Å²) in [7, 11) is -39.8. The lowest BCUT2D eigenvalue weighted by molar-refractivity contribution is 0.101. The van der Waals surface area contributed by atoms with E-state index in [2.05, 4.69) is 39.5 Å². The van der Waals surface area contributed by atoms with E-state index in [0.717, 1.165) is 72.8 Å². The van der Waals surface area contributed by atoms with Crippen LogP contribution in [-0.4, -0.2) is 141 Å². The molecule has 0 aliphatic carbocycles.